The Kier molecular flexibility index (Phi) is 4.30. The Balaban J connectivity index is 2.63. The normalized spacial score (nSPS) is 14.9. The number of aliphatic hydroxyl groups is 1. The van der Waals surface area contributed by atoms with Gasteiger partial charge in [-0.25, -0.2) is 0 Å². The maximum Gasteiger partial charge on any atom is 0.0880 e. The summed E-state index contributed by atoms with van der Waals surface area (Å²) in [6.45, 7) is 7.79. The van der Waals surface area contributed by atoms with Gasteiger partial charge >= 0.3 is 0 Å². The Morgan fingerprint density at radius 3 is 2.40 bits per heavy atom. The second-order valence-corrected chi connectivity index (χ2v) is 4.24. The number of benzene rings is 1. The van der Waals surface area contributed by atoms with Crippen LogP contribution in [0.4, 0.5) is 0 Å². The van der Waals surface area contributed by atoms with Crippen LogP contribution < -0.4 is 5.32 Å². The fourth-order valence-corrected chi connectivity index (χ4v) is 1.57. The molecule has 2 N–H and O–H groups in total. The van der Waals surface area contributed by atoms with Gasteiger partial charge in [-0.1, -0.05) is 36.8 Å². The molecule has 1 aromatic rings. The molecule has 84 valence electrons. The van der Waals surface area contributed by atoms with Crippen LogP contribution in [0.5, 0.6) is 0 Å². The van der Waals surface area contributed by atoms with Crippen molar-refractivity contribution in [2.75, 3.05) is 13.1 Å². The van der Waals surface area contributed by atoms with Crippen LogP contribution in [-0.2, 0) is 5.60 Å². The highest BCUT2D eigenvalue weighted by Crippen LogP contribution is 2.23. The summed E-state index contributed by atoms with van der Waals surface area (Å²) in [6, 6.07) is 8.08. The highest BCUT2D eigenvalue weighted by Gasteiger charge is 2.21. The standard InChI is InChI=1S/C13H21NO/c1-4-14-10-9-13(3,15)12-7-5-11(2)6-8-12/h5-8,14-15H,4,9-10H2,1-3H3. The first-order valence-corrected chi connectivity index (χ1v) is 5.56. The van der Waals surface area contributed by atoms with E-state index in [0.717, 1.165) is 25.1 Å². The summed E-state index contributed by atoms with van der Waals surface area (Å²) in [5.74, 6) is 0. The quantitative estimate of drug-likeness (QED) is 0.725. The minimum atomic E-state index is -0.726. The second-order valence-electron chi connectivity index (χ2n) is 4.24. The van der Waals surface area contributed by atoms with E-state index in [0.29, 0.717) is 0 Å². The average molecular weight is 207 g/mol. The SMILES string of the molecule is CCNCCC(C)(O)c1ccc(C)cc1. The van der Waals surface area contributed by atoms with Crippen molar-refractivity contribution in [3.8, 4) is 0 Å². The molecule has 0 amide bonds. The van der Waals surface area contributed by atoms with Gasteiger partial charge in [-0.2, -0.15) is 0 Å². The van der Waals surface area contributed by atoms with E-state index in [1.807, 2.05) is 31.2 Å². The van der Waals surface area contributed by atoms with Gasteiger partial charge in [-0.15, -0.1) is 0 Å². The number of aryl methyl sites for hydroxylation is 1. The predicted molar refractivity (Wildman–Crippen MR) is 63.9 cm³/mol. The van der Waals surface area contributed by atoms with Gasteiger partial charge < -0.3 is 10.4 Å². The van der Waals surface area contributed by atoms with Crippen molar-refractivity contribution in [1.29, 1.82) is 0 Å². The van der Waals surface area contributed by atoms with E-state index in [2.05, 4.69) is 19.2 Å². The van der Waals surface area contributed by atoms with E-state index in [4.69, 9.17) is 0 Å². The second kappa shape index (κ2) is 5.29. The van der Waals surface area contributed by atoms with E-state index < -0.39 is 5.60 Å². The molecule has 0 heterocycles. The highest BCUT2D eigenvalue weighted by molar-refractivity contribution is 5.25. The lowest BCUT2D eigenvalue weighted by atomic mass is 9.92. The maximum atomic E-state index is 10.3. The van der Waals surface area contributed by atoms with E-state index in [1.165, 1.54) is 5.56 Å². The molecule has 1 unspecified atom stereocenters. The summed E-state index contributed by atoms with van der Waals surface area (Å²) >= 11 is 0. The van der Waals surface area contributed by atoms with Gasteiger partial charge in [0.2, 0.25) is 0 Å². The summed E-state index contributed by atoms with van der Waals surface area (Å²) < 4.78 is 0. The van der Waals surface area contributed by atoms with Crippen LogP contribution in [-0.4, -0.2) is 18.2 Å². The number of rotatable bonds is 5. The minimum Gasteiger partial charge on any atom is -0.385 e. The fraction of sp³-hybridized carbons (Fsp3) is 0.538. The first-order valence-electron chi connectivity index (χ1n) is 5.56. The molecule has 0 spiro atoms. The summed E-state index contributed by atoms with van der Waals surface area (Å²) in [4.78, 5) is 0. The van der Waals surface area contributed by atoms with E-state index >= 15 is 0 Å². The lowest BCUT2D eigenvalue weighted by Crippen LogP contribution is -2.27. The predicted octanol–water partition coefficient (Wildman–Crippen LogP) is 2.20. The molecule has 2 nitrogen and oxygen atoms in total. The van der Waals surface area contributed by atoms with Crippen LogP contribution in [0.15, 0.2) is 24.3 Å². The van der Waals surface area contributed by atoms with Crippen molar-refractivity contribution in [3.05, 3.63) is 35.4 Å². The van der Waals surface area contributed by atoms with Gasteiger partial charge in [0.05, 0.1) is 5.60 Å². The smallest absolute Gasteiger partial charge is 0.0880 e. The van der Waals surface area contributed by atoms with Crippen molar-refractivity contribution in [2.24, 2.45) is 0 Å². The van der Waals surface area contributed by atoms with Crippen molar-refractivity contribution in [1.82, 2.24) is 5.32 Å². The Bertz CT molecular complexity index is 290. The van der Waals surface area contributed by atoms with Crippen LogP contribution in [0.1, 0.15) is 31.4 Å². The summed E-state index contributed by atoms with van der Waals surface area (Å²) in [5.41, 5.74) is 1.49. The molecule has 0 aliphatic carbocycles. The molecule has 2 heteroatoms. The molecular weight excluding hydrogens is 186 g/mol. The molecule has 0 saturated carbocycles. The first kappa shape index (κ1) is 12.2. The highest BCUT2D eigenvalue weighted by atomic mass is 16.3. The fourth-order valence-electron chi connectivity index (χ4n) is 1.57. The van der Waals surface area contributed by atoms with Crippen LogP contribution >= 0.6 is 0 Å². The lowest BCUT2D eigenvalue weighted by Gasteiger charge is -2.24. The van der Waals surface area contributed by atoms with E-state index in [-0.39, 0.29) is 0 Å². The van der Waals surface area contributed by atoms with Gasteiger partial charge in [0, 0.05) is 0 Å². The number of hydrogen-bond donors (Lipinski definition) is 2. The molecule has 0 saturated heterocycles. The third kappa shape index (κ3) is 3.65. The monoisotopic (exact) mass is 207 g/mol. The lowest BCUT2D eigenvalue weighted by molar-refractivity contribution is 0.0481. The summed E-state index contributed by atoms with van der Waals surface area (Å²) in [7, 11) is 0. The Morgan fingerprint density at radius 1 is 1.27 bits per heavy atom. The van der Waals surface area contributed by atoms with Gasteiger partial charge in [0.15, 0.2) is 0 Å². The van der Waals surface area contributed by atoms with Gasteiger partial charge in [-0.05, 0) is 38.9 Å². The Labute approximate surface area is 92.3 Å². The van der Waals surface area contributed by atoms with Crippen molar-refractivity contribution in [2.45, 2.75) is 32.8 Å². The van der Waals surface area contributed by atoms with Gasteiger partial charge in [0.1, 0.15) is 0 Å². The minimum absolute atomic E-state index is 0.726. The average Bonchev–Trinajstić information content (AvgIpc) is 2.18. The summed E-state index contributed by atoms with van der Waals surface area (Å²) in [6.07, 6.45) is 0.740. The zero-order chi connectivity index (χ0) is 11.3. The van der Waals surface area contributed by atoms with Gasteiger partial charge in [0.25, 0.3) is 0 Å². The molecule has 1 rings (SSSR count). The molecule has 0 bridgehead atoms. The molecule has 1 aromatic carbocycles. The van der Waals surface area contributed by atoms with Crippen LogP contribution in [0.3, 0.4) is 0 Å². The molecule has 1 atom stereocenters. The molecule has 0 fully saturated rings. The van der Waals surface area contributed by atoms with Crippen molar-refractivity contribution >= 4 is 0 Å². The largest absolute Gasteiger partial charge is 0.385 e. The Morgan fingerprint density at radius 2 is 1.87 bits per heavy atom. The van der Waals surface area contributed by atoms with Crippen LogP contribution in [0, 0.1) is 6.92 Å². The van der Waals surface area contributed by atoms with E-state index in [9.17, 15) is 5.11 Å². The van der Waals surface area contributed by atoms with Crippen LogP contribution in [0.2, 0.25) is 0 Å². The van der Waals surface area contributed by atoms with Crippen molar-refractivity contribution < 1.29 is 5.11 Å². The van der Waals surface area contributed by atoms with Crippen molar-refractivity contribution in [3.63, 3.8) is 0 Å². The topological polar surface area (TPSA) is 32.3 Å². The molecule has 0 aromatic heterocycles. The number of hydrogen-bond acceptors (Lipinski definition) is 2. The van der Waals surface area contributed by atoms with Crippen LogP contribution in [0.25, 0.3) is 0 Å². The third-order valence-electron chi connectivity index (χ3n) is 2.71. The Hall–Kier alpha value is -0.860. The molecule has 0 aliphatic heterocycles. The van der Waals surface area contributed by atoms with Gasteiger partial charge in [-0.3, -0.25) is 0 Å². The molecule has 0 radical (unpaired) electrons. The molecule has 0 aliphatic rings. The number of nitrogens with one attached hydrogen (secondary N) is 1. The third-order valence-corrected chi connectivity index (χ3v) is 2.71. The molecule has 15 heavy (non-hydrogen) atoms. The summed E-state index contributed by atoms with van der Waals surface area (Å²) in [5, 5.41) is 13.5. The van der Waals surface area contributed by atoms with E-state index in [1.54, 1.807) is 0 Å². The zero-order valence-corrected chi connectivity index (χ0v) is 9.88. The zero-order valence-electron chi connectivity index (χ0n) is 9.88. The molecular formula is C13H21NO. The maximum absolute atomic E-state index is 10.3. The first-order chi connectivity index (χ1) is 7.06.